The molecule has 0 bridgehead atoms. The summed E-state index contributed by atoms with van der Waals surface area (Å²) in [7, 11) is 0. The molecule has 1 fully saturated rings. The molecule has 2 N–H and O–H groups in total. The van der Waals surface area contributed by atoms with E-state index in [4.69, 9.17) is 16.6 Å². The number of hydrogen-bond donors (Lipinski definition) is 2. The number of amides is 2. The number of nitrogens with one attached hydrogen (secondary N) is 1. The lowest BCUT2D eigenvalue weighted by Gasteiger charge is -2.36. The molecule has 1 aliphatic rings. The molecule has 55 heavy (non-hydrogen) atoms. The highest BCUT2D eigenvalue weighted by molar-refractivity contribution is 6.33. The molecule has 1 saturated heterocycles. The van der Waals surface area contributed by atoms with Crippen molar-refractivity contribution in [3.05, 3.63) is 86.9 Å². The number of benzene rings is 2. The van der Waals surface area contributed by atoms with E-state index in [0.29, 0.717) is 11.3 Å². The number of fused-ring (bicyclic) bond motifs is 2. The summed E-state index contributed by atoms with van der Waals surface area (Å²) in [5.74, 6) is -1.14. The van der Waals surface area contributed by atoms with Gasteiger partial charge in [-0.05, 0) is 56.2 Å². The number of aromatic hydroxyl groups is 1. The maximum atomic E-state index is 14.4. The highest BCUT2D eigenvalue weighted by Gasteiger charge is 2.32. The summed E-state index contributed by atoms with van der Waals surface area (Å²) < 4.78 is 44.4. The van der Waals surface area contributed by atoms with E-state index in [-0.39, 0.29) is 77.7 Å². The number of carbonyl (C=O) groups is 2. The zero-order chi connectivity index (χ0) is 39.2. The van der Waals surface area contributed by atoms with Crippen LogP contribution in [0.15, 0.2) is 53.7 Å². The summed E-state index contributed by atoms with van der Waals surface area (Å²) >= 11 is 6.15. The maximum absolute atomic E-state index is 14.4. The van der Waals surface area contributed by atoms with Gasteiger partial charge in [0, 0.05) is 49.9 Å². The molecule has 15 nitrogen and oxygen atoms in total. The Kier molecular flexibility index (Phi) is 9.93. The van der Waals surface area contributed by atoms with Crippen molar-refractivity contribution in [3.63, 3.8) is 0 Å². The van der Waals surface area contributed by atoms with Crippen LogP contribution in [0.3, 0.4) is 0 Å². The molecule has 0 unspecified atom stereocenters. The van der Waals surface area contributed by atoms with Crippen LogP contribution in [0.1, 0.15) is 47.7 Å². The predicted octanol–water partition coefficient (Wildman–Crippen LogP) is 4.96. The number of carbonyl (C=O) groups excluding carboxylic acids is 2. The number of anilines is 2. The van der Waals surface area contributed by atoms with Gasteiger partial charge in [0.15, 0.2) is 17.3 Å². The van der Waals surface area contributed by atoms with Crippen LogP contribution >= 0.6 is 11.6 Å². The SMILES string of the molecule is CCCn1cc2cc(-c3nc4n(CC(=O)Nc5ccc(C(F)(F)F)cc5Cl)c(CC)c(N5CCN(C(=O)c6ncnc(C)c6O)CC5)c(=O)n4n3)ccc2n1. The number of piperazine rings is 1. The van der Waals surface area contributed by atoms with Gasteiger partial charge < -0.3 is 24.8 Å². The molecular weight excluding hydrogens is 743 g/mol. The lowest BCUT2D eigenvalue weighted by molar-refractivity contribution is -0.137. The van der Waals surface area contributed by atoms with E-state index < -0.39 is 35.7 Å². The number of aromatic nitrogens is 8. The first-order valence-electron chi connectivity index (χ1n) is 17.5. The minimum atomic E-state index is -4.62. The van der Waals surface area contributed by atoms with Gasteiger partial charge in [-0.3, -0.25) is 19.1 Å². The van der Waals surface area contributed by atoms with Gasteiger partial charge in [0.1, 0.15) is 18.6 Å². The largest absolute Gasteiger partial charge is 0.504 e. The van der Waals surface area contributed by atoms with Crippen LogP contribution in [0.4, 0.5) is 24.5 Å². The number of nitrogens with zero attached hydrogens (tertiary/aromatic N) is 10. The first-order chi connectivity index (χ1) is 26.3. The molecular formula is C36H35ClF3N11O4. The van der Waals surface area contributed by atoms with Gasteiger partial charge in [0.2, 0.25) is 11.7 Å². The molecule has 286 valence electrons. The molecule has 2 amide bonds. The zero-order valence-electron chi connectivity index (χ0n) is 29.9. The van der Waals surface area contributed by atoms with Crippen LogP contribution in [0.2, 0.25) is 5.02 Å². The number of halogens is 4. The smallest absolute Gasteiger partial charge is 0.416 e. The molecule has 0 radical (unpaired) electrons. The molecule has 6 aromatic rings. The number of aryl methyl sites for hydroxylation is 2. The van der Waals surface area contributed by atoms with Crippen molar-refractivity contribution in [3.8, 4) is 17.1 Å². The Balaban J connectivity index is 1.27. The molecule has 4 aromatic heterocycles. The van der Waals surface area contributed by atoms with Crippen molar-refractivity contribution in [1.82, 2.24) is 43.8 Å². The van der Waals surface area contributed by atoms with Crippen LogP contribution < -0.4 is 15.8 Å². The van der Waals surface area contributed by atoms with E-state index in [9.17, 15) is 32.7 Å². The Morgan fingerprint density at radius 2 is 1.78 bits per heavy atom. The van der Waals surface area contributed by atoms with Gasteiger partial charge in [-0.15, -0.1) is 5.10 Å². The number of hydrogen-bond acceptors (Lipinski definition) is 10. The molecule has 5 heterocycles. The zero-order valence-corrected chi connectivity index (χ0v) is 30.7. The molecule has 2 aromatic carbocycles. The van der Waals surface area contributed by atoms with Gasteiger partial charge in [0.25, 0.3) is 11.5 Å². The van der Waals surface area contributed by atoms with Crippen molar-refractivity contribution in [1.29, 1.82) is 0 Å². The third-order valence-electron chi connectivity index (χ3n) is 9.39. The molecule has 7 rings (SSSR count). The monoisotopic (exact) mass is 777 g/mol. The summed E-state index contributed by atoms with van der Waals surface area (Å²) in [6, 6.07) is 8.13. The topological polar surface area (TPSA) is 169 Å². The Morgan fingerprint density at radius 3 is 2.47 bits per heavy atom. The van der Waals surface area contributed by atoms with Crippen LogP contribution in [0.5, 0.6) is 5.75 Å². The van der Waals surface area contributed by atoms with Crippen molar-refractivity contribution < 1.29 is 27.9 Å². The molecule has 0 saturated carbocycles. The summed E-state index contributed by atoms with van der Waals surface area (Å²) in [6.45, 7) is 6.58. The standard InChI is InChI=1S/C36H35ClF3N11O4/c1-4-10-49-17-22-15-21(6-8-25(22)45-49)32-44-35-50(18-28(52)43-26-9-7-23(16-24(26)37)36(38,39)40)27(5-2)30(34(55)51(35)46-32)47-11-13-48(14-12-47)33(54)29-31(53)20(3)41-19-42-29/h6-9,15-17,19,53H,4-5,10-14,18H2,1-3H3,(H,43,52). The molecule has 19 heteroatoms. The Labute approximate surface area is 316 Å². The second-order valence-corrected chi connectivity index (χ2v) is 13.4. The van der Waals surface area contributed by atoms with Crippen molar-refractivity contribution >= 4 is 51.5 Å². The second-order valence-electron chi connectivity index (χ2n) is 13.0. The van der Waals surface area contributed by atoms with E-state index in [2.05, 4.69) is 32.4 Å². The van der Waals surface area contributed by atoms with Gasteiger partial charge in [-0.25, -0.2) is 9.97 Å². The van der Waals surface area contributed by atoms with E-state index in [1.807, 2.05) is 34.8 Å². The molecule has 0 atom stereocenters. The number of alkyl halides is 3. The summed E-state index contributed by atoms with van der Waals surface area (Å²) in [6.07, 6.45) is -0.332. The van der Waals surface area contributed by atoms with E-state index in [0.717, 1.165) is 46.6 Å². The Hall–Kier alpha value is -6.04. The van der Waals surface area contributed by atoms with Crippen molar-refractivity contribution in [2.75, 3.05) is 36.4 Å². The van der Waals surface area contributed by atoms with E-state index >= 15 is 0 Å². The fourth-order valence-corrected chi connectivity index (χ4v) is 6.87. The third kappa shape index (κ3) is 7.16. The minimum Gasteiger partial charge on any atom is -0.504 e. The van der Waals surface area contributed by atoms with Gasteiger partial charge in [-0.2, -0.15) is 27.8 Å². The predicted molar refractivity (Wildman–Crippen MR) is 197 cm³/mol. The lowest BCUT2D eigenvalue weighted by Crippen LogP contribution is -2.51. The van der Waals surface area contributed by atoms with E-state index in [1.54, 1.807) is 17.6 Å². The fraction of sp³-hybridized carbons (Fsp3) is 0.333. The highest BCUT2D eigenvalue weighted by atomic mass is 35.5. The molecule has 1 aliphatic heterocycles. The van der Waals surface area contributed by atoms with Crippen molar-refractivity contribution in [2.45, 2.75) is 52.9 Å². The van der Waals surface area contributed by atoms with Gasteiger partial charge in [0.05, 0.1) is 33.2 Å². The lowest BCUT2D eigenvalue weighted by atomic mass is 10.1. The Bertz CT molecular complexity index is 2520. The first kappa shape index (κ1) is 37.3. The average molecular weight is 778 g/mol. The first-order valence-corrected chi connectivity index (χ1v) is 17.9. The fourth-order valence-electron chi connectivity index (χ4n) is 6.64. The molecule has 0 spiro atoms. The molecule has 0 aliphatic carbocycles. The van der Waals surface area contributed by atoms with Crippen LogP contribution in [-0.4, -0.2) is 86.9 Å². The van der Waals surface area contributed by atoms with Gasteiger partial charge >= 0.3 is 6.18 Å². The normalized spacial score (nSPS) is 13.6. The number of rotatable bonds is 9. The van der Waals surface area contributed by atoms with E-state index in [1.165, 1.54) is 11.2 Å². The minimum absolute atomic E-state index is 0.0280. The summed E-state index contributed by atoms with van der Waals surface area (Å²) in [4.78, 5) is 57.3. The van der Waals surface area contributed by atoms with Gasteiger partial charge in [-0.1, -0.05) is 25.4 Å². The van der Waals surface area contributed by atoms with Crippen LogP contribution in [-0.2, 0) is 30.5 Å². The quantitative estimate of drug-likeness (QED) is 0.205. The summed E-state index contributed by atoms with van der Waals surface area (Å²) in [5, 5.41) is 22.8. The van der Waals surface area contributed by atoms with Crippen molar-refractivity contribution in [2.24, 2.45) is 0 Å². The Morgan fingerprint density at radius 1 is 1.02 bits per heavy atom. The van der Waals surface area contributed by atoms with Crippen LogP contribution in [0, 0.1) is 6.92 Å². The maximum Gasteiger partial charge on any atom is 0.416 e. The highest BCUT2D eigenvalue weighted by Crippen LogP contribution is 2.34. The second kappa shape index (κ2) is 14.7. The third-order valence-corrected chi connectivity index (χ3v) is 9.70. The average Bonchev–Trinajstić information content (AvgIpc) is 3.79. The van der Waals surface area contributed by atoms with Crippen LogP contribution in [0.25, 0.3) is 28.1 Å². The summed E-state index contributed by atoms with van der Waals surface area (Å²) in [5.41, 5.74) is 0.736.